The van der Waals surface area contributed by atoms with Crippen LogP contribution in [0, 0.1) is 0 Å². The predicted octanol–water partition coefficient (Wildman–Crippen LogP) is 2.99. The van der Waals surface area contributed by atoms with Gasteiger partial charge in [0.2, 0.25) is 5.91 Å². The van der Waals surface area contributed by atoms with Gasteiger partial charge in [-0.15, -0.1) is 0 Å². The first-order valence-electron chi connectivity index (χ1n) is 9.06. The Morgan fingerprint density at radius 2 is 2.04 bits per heavy atom. The molecule has 2 aliphatic heterocycles. The van der Waals surface area contributed by atoms with E-state index < -0.39 is 0 Å². The van der Waals surface area contributed by atoms with E-state index in [0.717, 1.165) is 69.2 Å². The topological polar surface area (TPSA) is 32.8 Å². The summed E-state index contributed by atoms with van der Waals surface area (Å²) in [5.41, 5.74) is 1.14. The van der Waals surface area contributed by atoms with Gasteiger partial charge in [0, 0.05) is 43.7 Å². The van der Waals surface area contributed by atoms with Crippen molar-refractivity contribution in [3.8, 4) is 0 Å². The van der Waals surface area contributed by atoms with E-state index in [4.69, 9.17) is 16.3 Å². The van der Waals surface area contributed by atoms with E-state index >= 15 is 0 Å². The van der Waals surface area contributed by atoms with Crippen molar-refractivity contribution in [3.05, 3.63) is 34.9 Å². The minimum Gasteiger partial charge on any atom is -0.379 e. The first-order valence-corrected chi connectivity index (χ1v) is 9.44. The molecule has 1 unspecified atom stereocenters. The Morgan fingerprint density at radius 3 is 2.83 bits per heavy atom. The fourth-order valence-corrected chi connectivity index (χ4v) is 3.90. The van der Waals surface area contributed by atoms with Crippen molar-refractivity contribution in [2.24, 2.45) is 0 Å². The number of hydrogen-bond acceptors (Lipinski definition) is 3. The number of rotatable bonds is 5. The molecular weight excluding hydrogens is 324 g/mol. The fourth-order valence-electron chi connectivity index (χ4n) is 3.69. The van der Waals surface area contributed by atoms with Crippen LogP contribution in [0.3, 0.4) is 0 Å². The van der Waals surface area contributed by atoms with Gasteiger partial charge in [0.1, 0.15) is 0 Å². The molecule has 0 bridgehead atoms. The summed E-state index contributed by atoms with van der Waals surface area (Å²) in [6.45, 7) is 5.50. The second kappa shape index (κ2) is 8.84. The standard InChI is InChI=1S/C19H27ClN2O2/c20-17-5-3-4-16(14-17)7-8-19(23)22-9-2-1-6-18(22)15-21-10-12-24-13-11-21/h3-5,14,18H,1-2,6-13,15H2. The van der Waals surface area contributed by atoms with Gasteiger partial charge in [-0.05, 0) is 43.4 Å². The Hall–Kier alpha value is -1.10. The number of morpholine rings is 1. The van der Waals surface area contributed by atoms with E-state index in [2.05, 4.69) is 9.80 Å². The average Bonchev–Trinajstić information content (AvgIpc) is 2.61. The number of benzene rings is 1. The van der Waals surface area contributed by atoms with Gasteiger partial charge in [0.25, 0.3) is 0 Å². The Labute approximate surface area is 149 Å². The zero-order valence-electron chi connectivity index (χ0n) is 14.3. The smallest absolute Gasteiger partial charge is 0.223 e. The maximum Gasteiger partial charge on any atom is 0.223 e. The molecule has 0 aliphatic carbocycles. The van der Waals surface area contributed by atoms with E-state index in [-0.39, 0.29) is 5.91 Å². The van der Waals surface area contributed by atoms with Gasteiger partial charge < -0.3 is 9.64 Å². The van der Waals surface area contributed by atoms with Crippen molar-refractivity contribution in [3.63, 3.8) is 0 Å². The van der Waals surface area contributed by atoms with Crippen LogP contribution in [0.2, 0.25) is 5.02 Å². The lowest BCUT2D eigenvalue weighted by atomic mass is 10.00. The molecule has 5 heteroatoms. The molecule has 1 aromatic rings. The van der Waals surface area contributed by atoms with Crippen LogP contribution in [0.1, 0.15) is 31.2 Å². The van der Waals surface area contributed by atoms with Crippen LogP contribution in [0.25, 0.3) is 0 Å². The monoisotopic (exact) mass is 350 g/mol. The fraction of sp³-hybridized carbons (Fsp3) is 0.632. The highest BCUT2D eigenvalue weighted by atomic mass is 35.5. The van der Waals surface area contributed by atoms with E-state index in [1.165, 1.54) is 6.42 Å². The summed E-state index contributed by atoms with van der Waals surface area (Å²) in [6.07, 6.45) is 4.82. The Bertz CT molecular complexity index is 546. The number of carbonyl (C=O) groups is 1. The summed E-state index contributed by atoms with van der Waals surface area (Å²) in [5, 5.41) is 0.739. The first kappa shape index (κ1) is 17.7. The molecule has 2 heterocycles. The van der Waals surface area contributed by atoms with Gasteiger partial charge in [0.15, 0.2) is 0 Å². The summed E-state index contributed by atoms with van der Waals surface area (Å²) < 4.78 is 5.43. The highest BCUT2D eigenvalue weighted by Crippen LogP contribution is 2.20. The van der Waals surface area contributed by atoms with Crippen LogP contribution in [0.5, 0.6) is 0 Å². The number of aryl methyl sites for hydroxylation is 1. The van der Waals surface area contributed by atoms with Crippen molar-refractivity contribution >= 4 is 17.5 Å². The zero-order chi connectivity index (χ0) is 16.8. The molecule has 0 N–H and O–H groups in total. The van der Waals surface area contributed by atoms with Crippen LogP contribution in [-0.2, 0) is 16.0 Å². The lowest BCUT2D eigenvalue weighted by molar-refractivity contribution is -0.135. The van der Waals surface area contributed by atoms with E-state index in [1.54, 1.807) is 0 Å². The second-order valence-corrected chi connectivity index (χ2v) is 7.22. The van der Waals surface area contributed by atoms with Crippen LogP contribution >= 0.6 is 11.6 Å². The maximum absolute atomic E-state index is 12.8. The van der Waals surface area contributed by atoms with Crippen molar-refractivity contribution in [2.75, 3.05) is 39.4 Å². The van der Waals surface area contributed by atoms with Crippen LogP contribution in [0.15, 0.2) is 24.3 Å². The second-order valence-electron chi connectivity index (χ2n) is 6.78. The molecule has 0 spiro atoms. The van der Waals surface area contributed by atoms with Gasteiger partial charge in [-0.1, -0.05) is 23.7 Å². The summed E-state index contributed by atoms with van der Waals surface area (Å²) in [6, 6.07) is 8.18. The number of amides is 1. The molecule has 1 atom stereocenters. The van der Waals surface area contributed by atoms with E-state index in [9.17, 15) is 4.79 Å². The van der Waals surface area contributed by atoms with E-state index in [1.807, 2.05) is 24.3 Å². The Kier molecular flexibility index (Phi) is 6.52. The number of nitrogens with zero attached hydrogens (tertiary/aromatic N) is 2. The molecule has 2 aliphatic rings. The third-order valence-corrected chi connectivity index (χ3v) is 5.27. The largest absolute Gasteiger partial charge is 0.379 e. The van der Waals surface area contributed by atoms with Crippen LogP contribution < -0.4 is 0 Å². The maximum atomic E-state index is 12.8. The zero-order valence-corrected chi connectivity index (χ0v) is 15.0. The van der Waals surface area contributed by atoms with Gasteiger partial charge in [-0.3, -0.25) is 9.69 Å². The minimum absolute atomic E-state index is 0.285. The first-order chi connectivity index (χ1) is 11.7. The third-order valence-electron chi connectivity index (χ3n) is 5.04. The number of hydrogen-bond donors (Lipinski definition) is 0. The molecule has 1 amide bonds. The van der Waals surface area contributed by atoms with Crippen molar-refractivity contribution in [2.45, 2.75) is 38.1 Å². The normalized spacial score (nSPS) is 22.5. The van der Waals surface area contributed by atoms with Gasteiger partial charge in [-0.25, -0.2) is 0 Å². The quantitative estimate of drug-likeness (QED) is 0.818. The Morgan fingerprint density at radius 1 is 1.21 bits per heavy atom. The van der Waals surface area contributed by atoms with Gasteiger partial charge in [-0.2, -0.15) is 0 Å². The molecule has 24 heavy (non-hydrogen) atoms. The summed E-state index contributed by atoms with van der Waals surface area (Å²) in [4.78, 5) is 17.3. The molecule has 1 aromatic carbocycles. The lowest BCUT2D eigenvalue weighted by Gasteiger charge is -2.39. The van der Waals surface area contributed by atoms with Crippen LogP contribution in [-0.4, -0.2) is 61.1 Å². The average molecular weight is 351 g/mol. The molecule has 0 radical (unpaired) electrons. The number of ether oxygens (including phenoxy) is 1. The lowest BCUT2D eigenvalue weighted by Crippen LogP contribution is -2.51. The third kappa shape index (κ3) is 4.95. The number of piperidine rings is 1. The number of likely N-dealkylation sites (tertiary alicyclic amines) is 1. The minimum atomic E-state index is 0.285. The molecule has 0 saturated carbocycles. The molecule has 3 rings (SSSR count). The summed E-state index contributed by atoms with van der Waals surface area (Å²) >= 11 is 6.03. The number of halogens is 1. The SMILES string of the molecule is O=C(CCc1cccc(Cl)c1)N1CCCCC1CN1CCOCC1. The molecule has 2 saturated heterocycles. The van der Waals surface area contributed by atoms with Crippen molar-refractivity contribution < 1.29 is 9.53 Å². The highest BCUT2D eigenvalue weighted by molar-refractivity contribution is 6.30. The Balaban J connectivity index is 1.54. The van der Waals surface area contributed by atoms with Crippen molar-refractivity contribution in [1.82, 2.24) is 9.80 Å². The molecule has 2 fully saturated rings. The van der Waals surface area contributed by atoms with Gasteiger partial charge in [0.05, 0.1) is 13.2 Å². The predicted molar refractivity (Wildman–Crippen MR) is 96.4 cm³/mol. The van der Waals surface area contributed by atoms with E-state index in [0.29, 0.717) is 12.5 Å². The highest BCUT2D eigenvalue weighted by Gasteiger charge is 2.28. The molecule has 132 valence electrons. The molecular formula is C19H27ClN2O2. The summed E-state index contributed by atoms with van der Waals surface area (Å²) in [7, 11) is 0. The van der Waals surface area contributed by atoms with Gasteiger partial charge >= 0.3 is 0 Å². The molecule has 0 aromatic heterocycles. The van der Waals surface area contributed by atoms with Crippen LogP contribution in [0.4, 0.5) is 0 Å². The number of carbonyl (C=O) groups excluding carboxylic acids is 1. The van der Waals surface area contributed by atoms with Crippen molar-refractivity contribution in [1.29, 1.82) is 0 Å². The molecule has 4 nitrogen and oxygen atoms in total. The summed E-state index contributed by atoms with van der Waals surface area (Å²) in [5.74, 6) is 0.285.